The summed E-state index contributed by atoms with van der Waals surface area (Å²) < 4.78 is 5.31. The number of nitrogens with zero attached hydrogens (tertiary/aromatic N) is 1. The van der Waals surface area contributed by atoms with Crippen molar-refractivity contribution >= 4 is 22.3 Å². The van der Waals surface area contributed by atoms with Crippen molar-refractivity contribution in [1.29, 1.82) is 0 Å². The topological polar surface area (TPSA) is 83.6 Å². The maximum Gasteiger partial charge on any atom is 0.199 e. The van der Waals surface area contributed by atoms with Gasteiger partial charge in [-0.05, 0) is 43.7 Å². The van der Waals surface area contributed by atoms with Gasteiger partial charge < -0.3 is 20.6 Å². The minimum absolute atomic E-state index is 0.0659. The zero-order chi connectivity index (χ0) is 21.3. The Kier molecular flexibility index (Phi) is 5.06. The van der Waals surface area contributed by atoms with E-state index in [0.29, 0.717) is 17.0 Å². The van der Waals surface area contributed by atoms with Crippen molar-refractivity contribution in [3.63, 3.8) is 0 Å². The summed E-state index contributed by atoms with van der Waals surface area (Å²) in [6.45, 7) is 3.93. The molecule has 0 aliphatic carbocycles. The van der Waals surface area contributed by atoms with Crippen LogP contribution in [0.1, 0.15) is 30.5 Å². The summed E-state index contributed by atoms with van der Waals surface area (Å²) in [4.78, 5) is 8.00. The van der Waals surface area contributed by atoms with Gasteiger partial charge in [-0.25, -0.2) is 4.99 Å². The second-order valence-corrected chi connectivity index (χ2v) is 7.86. The van der Waals surface area contributed by atoms with Gasteiger partial charge in [-0.1, -0.05) is 42.5 Å². The fraction of sp³-hybridized carbons (Fsp3) is 0.160. The van der Waals surface area contributed by atoms with Crippen LogP contribution in [0.2, 0.25) is 0 Å². The number of ether oxygens (including phenoxy) is 1. The molecule has 4 N–H and O–H groups in total. The number of aliphatic imine (C=N–C) groups is 1. The van der Waals surface area contributed by atoms with Crippen molar-refractivity contribution in [3.05, 3.63) is 89.5 Å². The summed E-state index contributed by atoms with van der Waals surface area (Å²) in [6.07, 6.45) is 0. The molecule has 152 valence electrons. The van der Waals surface area contributed by atoms with Crippen LogP contribution in [0.4, 0.5) is 5.69 Å². The highest BCUT2D eigenvalue weighted by atomic mass is 16.5. The molecule has 30 heavy (non-hydrogen) atoms. The minimum Gasteiger partial charge on any atom is -0.497 e. The zero-order valence-electron chi connectivity index (χ0n) is 17.3. The molecule has 0 amide bonds. The molecule has 0 unspecified atom stereocenters. The third-order valence-electron chi connectivity index (χ3n) is 5.10. The molecular formula is C25H25N3O2. The first-order valence-corrected chi connectivity index (χ1v) is 9.79. The van der Waals surface area contributed by atoms with Crippen LogP contribution in [-0.4, -0.2) is 22.9 Å². The number of nitrogens with one attached hydrogen (secondary N) is 1. The summed E-state index contributed by atoms with van der Waals surface area (Å²) in [5.74, 6) is 0.780. The van der Waals surface area contributed by atoms with Crippen LogP contribution >= 0.6 is 0 Å². The second kappa shape index (κ2) is 7.69. The lowest BCUT2D eigenvalue weighted by Crippen LogP contribution is -2.28. The molecule has 1 heterocycles. The Balaban J connectivity index is 1.95. The SMILES string of the molecule is COc1ccc2c(C(=Nc3cccc(C(C)(C)N)c3)c3ccccc3)c(O)[nH]c2c1. The van der Waals surface area contributed by atoms with E-state index in [1.54, 1.807) is 7.11 Å². The van der Waals surface area contributed by atoms with Crippen molar-refractivity contribution in [2.24, 2.45) is 10.7 Å². The quantitative estimate of drug-likeness (QED) is 0.401. The Morgan fingerprint density at radius 2 is 1.77 bits per heavy atom. The van der Waals surface area contributed by atoms with E-state index in [-0.39, 0.29) is 5.88 Å². The van der Waals surface area contributed by atoms with E-state index in [1.165, 1.54) is 0 Å². The lowest BCUT2D eigenvalue weighted by atomic mass is 9.95. The summed E-state index contributed by atoms with van der Waals surface area (Å²) in [6, 6.07) is 23.4. The Labute approximate surface area is 175 Å². The van der Waals surface area contributed by atoms with Crippen molar-refractivity contribution < 1.29 is 9.84 Å². The molecule has 0 fully saturated rings. The summed E-state index contributed by atoms with van der Waals surface area (Å²) in [5, 5.41) is 11.7. The predicted octanol–water partition coefficient (Wildman–Crippen LogP) is 5.25. The van der Waals surface area contributed by atoms with Crippen LogP contribution in [0.15, 0.2) is 77.8 Å². The molecule has 0 saturated carbocycles. The maximum absolute atomic E-state index is 10.8. The van der Waals surface area contributed by atoms with Crippen molar-refractivity contribution in [2.75, 3.05) is 7.11 Å². The average molecular weight is 399 g/mol. The Morgan fingerprint density at radius 3 is 2.47 bits per heavy atom. The second-order valence-electron chi connectivity index (χ2n) is 7.86. The molecule has 5 nitrogen and oxygen atoms in total. The monoisotopic (exact) mass is 399 g/mol. The zero-order valence-corrected chi connectivity index (χ0v) is 17.3. The highest BCUT2D eigenvalue weighted by Gasteiger charge is 2.20. The Bertz CT molecular complexity index is 1220. The summed E-state index contributed by atoms with van der Waals surface area (Å²) in [5.41, 5.74) is 10.6. The molecule has 5 heteroatoms. The number of aromatic hydroxyl groups is 1. The smallest absolute Gasteiger partial charge is 0.199 e. The molecule has 0 aliphatic heterocycles. The number of nitrogens with two attached hydrogens (primary N) is 1. The highest BCUT2D eigenvalue weighted by Crippen LogP contribution is 2.33. The molecular weight excluding hydrogens is 374 g/mol. The van der Waals surface area contributed by atoms with E-state index in [4.69, 9.17) is 15.5 Å². The third kappa shape index (κ3) is 3.80. The number of H-pyrrole nitrogens is 1. The van der Waals surface area contributed by atoms with Gasteiger partial charge >= 0.3 is 0 Å². The van der Waals surface area contributed by atoms with Crippen LogP contribution in [0.25, 0.3) is 10.9 Å². The van der Waals surface area contributed by atoms with E-state index < -0.39 is 5.54 Å². The van der Waals surface area contributed by atoms with Crippen molar-refractivity contribution in [2.45, 2.75) is 19.4 Å². The molecule has 0 atom stereocenters. The molecule has 3 aromatic carbocycles. The van der Waals surface area contributed by atoms with E-state index in [1.807, 2.05) is 86.6 Å². The van der Waals surface area contributed by atoms with Crippen molar-refractivity contribution in [3.8, 4) is 11.6 Å². The maximum atomic E-state index is 10.8. The molecule has 4 aromatic rings. The van der Waals surface area contributed by atoms with E-state index in [0.717, 1.165) is 27.7 Å². The Hall–Kier alpha value is -3.57. The number of rotatable bonds is 5. The molecule has 4 rings (SSSR count). The standard InChI is InChI=1S/C25H25N3O2/c1-25(2,26)17-10-7-11-18(14-17)27-23(16-8-5-4-6-9-16)22-20-13-12-19(30-3)15-21(20)28-24(22)29/h4-15,28-29H,26H2,1-3H3. The van der Waals surface area contributed by atoms with E-state index in [9.17, 15) is 5.11 Å². The molecule has 0 saturated heterocycles. The largest absolute Gasteiger partial charge is 0.497 e. The van der Waals surface area contributed by atoms with Gasteiger partial charge in [0.05, 0.1) is 29.6 Å². The number of hydrogen-bond acceptors (Lipinski definition) is 4. The summed E-state index contributed by atoms with van der Waals surface area (Å²) >= 11 is 0. The number of aromatic amines is 1. The van der Waals surface area contributed by atoms with Crippen LogP contribution < -0.4 is 10.5 Å². The normalized spacial score (nSPS) is 12.3. The Morgan fingerprint density at radius 1 is 1.00 bits per heavy atom. The van der Waals surface area contributed by atoms with Gasteiger partial charge in [-0.3, -0.25) is 0 Å². The highest BCUT2D eigenvalue weighted by molar-refractivity contribution is 6.21. The first-order valence-electron chi connectivity index (χ1n) is 9.79. The van der Waals surface area contributed by atoms with Crippen LogP contribution in [0.3, 0.4) is 0 Å². The lowest BCUT2D eigenvalue weighted by Gasteiger charge is -2.19. The molecule has 0 spiro atoms. The van der Waals surface area contributed by atoms with Crippen LogP contribution in [-0.2, 0) is 5.54 Å². The first kappa shape index (κ1) is 19.7. The molecule has 0 bridgehead atoms. The number of aromatic nitrogens is 1. The lowest BCUT2D eigenvalue weighted by molar-refractivity contribution is 0.415. The van der Waals surface area contributed by atoms with E-state index >= 15 is 0 Å². The van der Waals surface area contributed by atoms with Crippen LogP contribution in [0, 0.1) is 0 Å². The van der Waals surface area contributed by atoms with Gasteiger partial charge in [0, 0.05) is 22.6 Å². The van der Waals surface area contributed by atoms with Crippen LogP contribution in [0.5, 0.6) is 11.6 Å². The van der Waals surface area contributed by atoms with Gasteiger partial charge in [0.2, 0.25) is 0 Å². The summed E-state index contributed by atoms with van der Waals surface area (Å²) in [7, 11) is 1.62. The third-order valence-corrected chi connectivity index (χ3v) is 5.10. The fourth-order valence-electron chi connectivity index (χ4n) is 3.50. The van der Waals surface area contributed by atoms with Gasteiger partial charge in [0.15, 0.2) is 5.88 Å². The van der Waals surface area contributed by atoms with Gasteiger partial charge in [0.1, 0.15) is 5.75 Å². The predicted molar refractivity (Wildman–Crippen MR) is 122 cm³/mol. The molecule has 0 radical (unpaired) electrons. The van der Waals surface area contributed by atoms with Gasteiger partial charge in [-0.15, -0.1) is 0 Å². The molecule has 1 aromatic heterocycles. The van der Waals surface area contributed by atoms with Gasteiger partial charge in [0.25, 0.3) is 0 Å². The fourth-order valence-corrected chi connectivity index (χ4v) is 3.50. The number of hydrogen-bond donors (Lipinski definition) is 3. The minimum atomic E-state index is -0.474. The number of fused-ring (bicyclic) bond motifs is 1. The average Bonchev–Trinajstić information content (AvgIpc) is 3.07. The number of benzene rings is 3. The van der Waals surface area contributed by atoms with Gasteiger partial charge in [-0.2, -0.15) is 0 Å². The van der Waals surface area contributed by atoms with E-state index in [2.05, 4.69) is 4.98 Å². The number of methoxy groups -OCH3 is 1. The first-order chi connectivity index (χ1) is 14.4. The van der Waals surface area contributed by atoms with Crippen molar-refractivity contribution in [1.82, 2.24) is 4.98 Å². The molecule has 0 aliphatic rings.